The lowest BCUT2D eigenvalue weighted by atomic mass is 10.2. The third-order valence-electron chi connectivity index (χ3n) is 1.12. The molecule has 0 saturated heterocycles. The third-order valence-corrected chi connectivity index (χ3v) is 3.17. The van der Waals surface area contributed by atoms with E-state index in [9.17, 15) is 0 Å². The smallest absolute Gasteiger partial charge is 0.0297 e. The van der Waals surface area contributed by atoms with Crippen molar-refractivity contribution < 1.29 is 0 Å². The average molecular weight is 187 g/mol. The number of hydrogen-bond acceptors (Lipinski definition) is 2. The van der Waals surface area contributed by atoms with Crippen molar-refractivity contribution in [1.29, 1.82) is 0 Å². The molecule has 0 fully saturated rings. The molecule has 0 aliphatic heterocycles. The summed E-state index contributed by atoms with van der Waals surface area (Å²) in [5.41, 5.74) is 1.34. The fraction of sp³-hybridized carbons (Fsp3) is 0.143. The molecule has 0 aliphatic rings. The Bertz CT molecular complexity index is 173. The summed E-state index contributed by atoms with van der Waals surface area (Å²) in [6, 6.07) is 10.3. The normalized spacial score (nSPS) is 9.70. The third kappa shape index (κ3) is 2.90. The first kappa shape index (κ1) is 8.37. The Balaban J connectivity index is 2.43. The molecule has 1 aromatic carbocycles. The molecule has 0 unspecified atom stereocenters. The first-order chi connectivity index (χ1) is 4.93. The van der Waals surface area contributed by atoms with Gasteiger partial charge in [-0.3, -0.25) is 0 Å². The highest BCUT2D eigenvalue weighted by molar-refractivity contribution is 9.05. The average Bonchev–Trinajstić information content (AvgIpc) is 2.03. The molecule has 53 valence electrons. The Morgan fingerprint density at radius 3 is 2.50 bits per heavy atom. The van der Waals surface area contributed by atoms with E-state index in [0.717, 1.165) is 5.75 Å². The van der Waals surface area contributed by atoms with Crippen LogP contribution in [0.3, 0.4) is 0 Å². The minimum absolute atomic E-state index is 1.01. The minimum atomic E-state index is 1.01. The first-order valence-electron chi connectivity index (χ1n) is 2.89. The van der Waals surface area contributed by atoms with Gasteiger partial charge in [-0.2, -0.15) is 0 Å². The van der Waals surface area contributed by atoms with Crippen LogP contribution in [0.4, 0.5) is 0 Å². The van der Waals surface area contributed by atoms with E-state index in [4.69, 9.17) is 11.7 Å². The molecule has 0 heterocycles. The van der Waals surface area contributed by atoms with E-state index >= 15 is 0 Å². The Morgan fingerprint density at radius 1 is 1.20 bits per heavy atom. The van der Waals surface area contributed by atoms with Gasteiger partial charge in [0.15, 0.2) is 0 Å². The second-order valence-electron chi connectivity index (χ2n) is 1.82. The zero-order valence-corrected chi connectivity index (χ0v) is 7.77. The van der Waals surface area contributed by atoms with Crippen LogP contribution < -0.4 is 0 Å². The van der Waals surface area contributed by atoms with Gasteiger partial charge in [-0.15, -0.1) is 0 Å². The van der Waals surface area contributed by atoms with Crippen LogP contribution in [-0.2, 0) is 5.75 Å². The van der Waals surface area contributed by atoms with Crippen molar-refractivity contribution in [3.63, 3.8) is 0 Å². The van der Waals surface area contributed by atoms with E-state index in [0.29, 0.717) is 0 Å². The van der Waals surface area contributed by atoms with Crippen molar-refractivity contribution in [2.45, 2.75) is 5.75 Å². The maximum atomic E-state index is 4.73. The molecule has 0 bridgehead atoms. The molecule has 0 aliphatic carbocycles. The first-order valence-corrected chi connectivity index (χ1v) is 6.13. The van der Waals surface area contributed by atoms with Gasteiger partial charge in [-0.25, -0.2) is 0 Å². The Morgan fingerprint density at radius 2 is 1.90 bits per heavy atom. The highest BCUT2D eigenvalue weighted by Crippen LogP contribution is 2.28. The van der Waals surface area contributed by atoms with Crippen LogP contribution in [0, 0.1) is 0 Å². The fourth-order valence-corrected chi connectivity index (χ4v) is 2.03. The van der Waals surface area contributed by atoms with Crippen molar-refractivity contribution in [3.05, 3.63) is 35.9 Å². The quantitative estimate of drug-likeness (QED) is 0.662. The zero-order chi connectivity index (χ0) is 7.23. The second-order valence-corrected chi connectivity index (χ2v) is 4.82. The van der Waals surface area contributed by atoms with Gasteiger partial charge in [0.25, 0.3) is 0 Å². The van der Waals surface area contributed by atoms with Crippen molar-refractivity contribution in [3.8, 4) is 0 Å². The zero-order valence-electron chi connectivity index (χ0n) is 5.32. The second kappa shape index (κ2) is 4.99. The maximum absolute atomic E-state index is 4.73. The summed E-state index contributed by atoms with van der Waals surface area (Å²) in [6.07, 6.45) is 0. The van der Waals surface area contributed by atoms with Crippen molar-refractivity contribution in [1.82, 2.24) is 0 Å². The molecule has 0 saturated carbocycles. The number of hydrogen-bond donors (Lipinski definition) is 0. The van der Waals surface area contributed by atoms with E-state index in [1.807, 2.05) is 18.2 Å². The van der Waals surface area contributed by atoms with Crippen molar-refractivity contribution in [2.75, 3.05) is 0 Å². The lowest BCUT2D eigenvalue weighted by molar-refractivity contribution is 1.43. The molecule has 1 radical (unpaired) electrons. The van der Waals surface area contributed by atoms with E-state index < -0.39 is 0 Å². The van der Waals surface area contributed by atoms with E-state index in [1.165, 1.54) is 15.4 Å². The molecule has 10 heavy (non-hydrogen) atoms. The fourth-order valence-electron chi connectivity index (χ4n) is 0.666. The summed E-state index contributed by atoms with van der Waals surface area (Å²) in [4.78, 5) is 0. The predicted octanol–water partition coefficient (Wildman–Crippen LogP) is 3.68. The Hall–Kier alpha value is 0.270. The lowest BCUT2D eigenvalue weighted by Gasteiger charge is -1.94. The van der Waals surface area contributed by atoms with Crippen LogP contribution in [-0.4, -0.2) is 0 Å². The van der Waals surface area contributed by atoms with E-state index in [2.05, 4.69) is 12.1 Å². The number of benzene rings is 1. The molecule has 3 heteroatoms. The van der Waals surface area contributed by atoms with E-state index in [1.54, 1.807) is 10.8 Å². The van der Waals surface area contributed by atoms with Crippen LogP contribution in [0.5, 0.6) is 0 Å². The van der Waals surface area contributed by atoms with Crippen LogP contribution in [0.25, 0.3) is 0 Å². The van der Waals surface area contributed by atoms with Crippen LogP contribution >= 0.6 is 32.3 Å². The molecule has 0 atom stereocenters. The highest BCUT2D eigenvalue weighted by atomic mass is 33.5. The molecular weight excluding hydrogens is 180 g/mol. The van der Waals surface area contributed by atoms with Crippen LogP contribution in [0.15, 0.2) is 30.3 Å². The molecule has 0 amide bonds. The molecule has 1 rings (SSSR count). The molecule has 0 nitrogen and oxygen atoms in total. The summed E-state index contributed by atoms with van der Waals surface area (Å²) < 4.78 is 0. The lowest BCUT2D eigenvalue weighted by Crippen LogP contribution is -1.73. The Kier molecular flexibility index (Phi) is 4.18. The van der Waals surface area contributed by atoms with Gasteiger partial charge in [0.2, 0.25) is 0 Å². The molecule has 0 N–H and O–H groups in total. The highest BCUT2D eigenvalue weighted by Gasteiger charge is 1.89. The van der Waals surface area contributed by atoms with Crippen LogP contribution in [0.2, 0.25) is 0 Å². The molecular formula is C7H7S3. The van der Waals surface area contributed by atoms with Gasteiger partial charge in [0.05, 0.1) is 0 Å². The van der Waals surface area contributed by atoms with E-state index in [-0.39, 0.29) is 0 Å². The Labute approximate surface area is 74.0 Å². The summed E-state index contributed by atoms with van der Waals surface area (Å²) in [6.45, 7) is 0. The van der Waals surface area contributed by atoms with Gasteiger partial charge in [-0.05, 0) is 27.1 Å². The maximum Gasteiger partial charge on any atom is 0.0297 e. The molecule has 1 aromatic rings. The van der Waals surface area contributed by atoms with Crippen LogP contribution in [0.1, 0.15) is 5.56 Å². The van der Waals surface area contributed by atoms with Gasteiger partial charge >= 0.3 is 0 Å². The summed E-state index contributed by atoms with van der Waals surface area (Å²) in [5.74, 6) is 1.01. The summed E-state index contributed by atoms with van der Waals surface area (Å²) in [7, 11) is 3.09. The van der Waals surface area contributed by atoms with Gasteiger partial charge in [0.1, 0.15) is 0 Å². The monoisotopic (exact) mass is 187 g/mol. The van der Waals surface area contributed by atoms with Gasteiger partial charge in [-0.1, -0.05) is 41.1 Å². The minimum Gasteiger partial charge on any atom is -0.0769 e. The van der Waals surface area contributed by atoms with Gasteiger partial charge < -0.3 is 0 Å². The van der Waals surface area contributed by atoms with Crippen molar-refractivity contribution in [2.24, 2.45) is 0 Å². The summed E-state index contributed by atoms with van der Waals surface area (Å²) >= 11 is 4.73. The van der Waals surface area contributed by atoms with Crippen molar-refractivity contribution >= 4 is 32.3 Å². The standard InChI is InChI=1S/C7H7S3/c8-10-9-6-7-4-2-1-3-5-7/h1-5H,6H2. The summed E-state index contributed by atoms with van der Waals surface area (Å²) in [5, 5.41) is 0. The molecule has 0 aromatic heterocycles. The predicted molar refractivity (Wildman–Crippen MR) is 52.9 cm³/mol. The largest absolute Gasteiger partial charge is 0.0769 e. The van der Waals surface area contributed by atoms with Gasteiger partial charge in [0, 0.05) is 5.75 Å². The number of rotatable bonds is 3. The molecule has 0 spiro atoms. The topological polar surface area (TPSA) is 0 Å². The SMILES string of the molecule is [S]SSCc1ccccc1.